The molecule has 0 heterocycles. The number of hydrogen-bond acceptors (Lipinski definition) is 2. The topological polar surface area (TPSA) is 58.2 Å². The highest BCUT2D eigenvalue weighted by Gasteiger charge is 2.27. The van der Waals surface area contributed by atoms with Crippen molar-refractivity contribution >= 4 is 23.5 Å². The molecule has 0 aliphatic heterocycles. The molecule has 1 aliphatic carbocycles. The zero-order valence-electron chi connectivity index (χ0n) is 8.18. The first-order valence-electron chi connectivity index (χ1n) is 4.77. The second-order valence-corrected chi connectivity index (χ2v) is 3.97. The highest BCUT2D eigenvalue weighted by molar-refractivity contribution is 6.28. The molecule has 0 saturated heterocycles. The molecule has 0 aromatic rings. The van der Waals surface area contributed by atoms with Crippen molar-refractivity contribution in [3.8, 4) is 0 Å². The second-order valence-electron chi connectivity index (χ2n) is 3.71. The van der Waals surface area contributed by atoms with Crippen LogP contribution in [0.25, 0.3) is 0 Å². The summed E-state index contributed by atoms with van der Waals surface area (Å²) in [6, 6.07) is -0.455. The van der Waals surface area contributed by atoms with Crippen molar-refractivity contribution in [3.05, 3.63) is 0 Å². The van der Waals surface area contributed by atoms with Crippen molar-refractivity contribution in [1.29, 1.82) is 0 Å². The summed E-state index contributed by atoms with van der Waals surface area (Å²) in [5.41, 5.74) is 0. The lowest BCUT2D eigenvalue weighted by atomic mass is 10.1. The van der Waals surface area contributed by atoms with Crippen LogP contribution in [0.4, 0.5) is 4.79 Å². The Morgan fingerprint density at radius 2 is 2.14 bits per heavy atom. The largest absolute Gasteiger partial charge is 0.338 e. The number of alkyl halides is 1. The predicted octanol–water partition coefficient (Wildman–Crippen LogP) is 1.10. The minimum absolute atomic E-state index is 0.189. The number of carbonyl (C=O) groups is 2. The highest BCUT2D eigenvalue weighted by Crippen LogP contribution is 2.35. The molecule has 0 aromatic heterocycles. The zero-order chi connectivity index (χ0) is 10.6. The van der Waals surface area contributed by atoms with E-state index in [2.05, 4.69) is 17.6 Å². The number of imide groups is 1. The average Bonchev–Trinajstić information content (AvgIpc) is 2.97. The number of carbonyl (C=O) groups excluding carboxylic acids is 2. The van der Waals surface area contributed by atoms with E-state index < -0.39 is 11.9 Å². The van der Waals surface area contributed by atoms with Gasteiger partial charge in [0, 0.05) is 6.54 Å². The number of halogens is 1. The van der Waals surface area contributed by atoms with Gasteiger partial charge >= 0.3 is 6.03 Å². The molecule has 2 N–H and O–H groups in total. The van der Waals surface area contributed by atoms with Gasteiger partial charge in [-0.3, -0.25) is 10.1 Å². The quantitative estimate of drug-likeness (QED) is 0.695. The van der Waals surface area contributed by atoms with Crippen molar-refractivity contribution < 1.29 is 9.59 Å². The fourth-order valence-corrected chi connectivity index (χ4v) is 1.36. The number of hydrogen-bond donors (Lipinski definition) is 2. The molecular weight excluding hydrogens is 204 g/mol. The van der Waals surface area contributed by atoms with Crippen LogP contribution < -0.4 is 10.6 Å². The van der Waals surface area contributed by atoms with E-state index in [1.807, 2.05) is 0 Å². The summed E-state index contributed by atoms with van der Waals surface area (Å²) in [7, 11) is 0. The van der Waals surface area contributed by atoms with Crippen LogP contribution in [0.1, 0.15) is 19.8 Å². The summed E-state index contributed by atoms with van der Waals surface area (Å²) in [5, 5.41) is 4.76. The monoisotopic (exact) mass is 218 g/mol. The highest BCUT2D eigenvalue weighted by atomic mass is 35.5. The van der Waals surface area contributed by atoms with E-state index in [0.29, 0.717) is 12.5 Å². The van der Waals surface area contributed by atoms with Crippen LogP contribution in [-0.4, -0.2) is 24.4 Å². The molecule has 14 heavy (non-hydrogen) atoms. The second kappa shape index (κ2) is 5.20. The average molecular weight is 219 g/mol. The minimum Gasteiger partial charge on any atom is -0.338 e. The Hall–Kier alpha value is -0.770. The van der Waals surface area contributed by atoms with Crippen LogP contribution in [-0.2, 0) is 4.79 Å². The molecule has 0 aromatic carbocycles. The summed E-state index contributed by atoms with van der Waals surface area (Å²) >= 11 is 5.23. The van der Waals surface area contributed by atoms with Crippen molar-refractivity contribution in [1.82, 2.24) is 10.6 Å². The Bertz CT molecular complexity index is 229. The molecule has 0 bridgehead atoms. The van der Waals surface area contributed by atoms with Gasteiger partial charge in [0.25, 0.3) is 0 Å². The standard InChI is InChI=1S/C9H15ClN2O2/c1-6(7-2-3-7)5-11-9(14)12-8(13)4-10/h6-7H,2-5H2,1H3,(H2,11,12,13,14). The van der Waals surface area contributed by atoms with Crippen molar-refractivity contribution in [2.75, 3.05) is 12.4 Å². The molecule has 1 fully saturated rings. The smallest absolute Gasteiger partial charge is 0.321 e. The molecular formula is C9H15ClN2O2. The summed E-state index contributed by atoms with van der Waals surface area (Å²) in [4.78, 5) is 21.8. The van der Waals surface area contributed by atoms with Gasteiger partial charge in [0.05, 0.1) is 0 Å². The van der Waals surface area contributed by atoms with E-state index in [4.69, 9.17) is 11.6 Å². The van der Waals surface area contributed by atoms with Crippen molar-refractivity contribution in [3.63, 3.8) is 0 Å². The first-order valence-corrected chi connectivity index (χ1v) is 5.30. The van der Waals surface area contributed by atoms with Gasteiger partial charge in [-0.25, -0.2) is 4.79 Å². The Labute approximate surface area is 88.4 Å². The van der Waals surface area contributed by atoms with Gasteiger partial charge in [-0.2, -0.15) is 0 Å². The predicted molar refractivity (Wildman–Crippen MR) is 54.1 cm³/mol. The first kappa shape index (κ1) is 11.3. The molecule has 80 valence electrons. The van der Waals surface area contributed by atoms with E-state index >= 15 is 0 Å². The Morgan fingerprint density at radius 1 is 1.50 bits per heavy atom. The number of amides is 3. The fraction of sp³-hybridized carbons (Fsp3) is 0.778. The van der Waals surface area contributed by atoms with Crippen molar-refractivity contribution in [2.24, 2.45) is 11.8 Å². The Balaban J connectivity index is 2.10. The van der Waals surface area contributed by atoms with E-state index in [1.54, 1.807) is 0 Å². The molecule has 1 saturated carbocycles. The number of nitrogens with one attached hydrogen (secondary N) is 2. The Morgan fingerprint density at radius 3 is 2.64 bits per heavy atom. The van der Waals surface area contributed by atoms with Crippen LogP contribution in [0.2, 0.25) is 0 Å². The van der Waals surface area contributed by atoms with Gasteiger partial charge in [-0.15, -0.1) is 11.6 Å². The normalized spacial score (nSPS) is 17.3. The lowest BCUT2D eigenvalue weighted by Crippen LogP contribution is -2.41. The molecule has 5 heteroatoms. The molecule has 4 nitrogen and oxygen atoms in total. The lowest BCUT2D eigenvalue weighted by Gasteiger charge is -2.11. The van der Waals surface area contributed by atoms with Crippen molar-refractivity contribution in [2.45, 2.75) is 19.8 Å². The third-order valence-corrected chi connectivity index (χ3v) is 2.63. The number of rotatable bonds is 4. The van der Waals surface area contributed by atoms with Gasteiger partial charge in [-0.1, -0.05) is 6.92 Å². The summed E-state index contributed by atoms with van der Waals surface area (Å²) in [5.74, 6) is 0.583. The van der Waals surface area contributed by atoms with Crippen LogP contribution >= 0.6 is 11.6 Å². The van der Waals surface area contributed by atoms with Gasteiger partial charge in [0.15, 0.2) is 0 Å². The fourth-order valence-electron chi connectivity index (χ4n) is 1.29. The molecule has 3 amide bonds. The van der Waals surface area contributed by atoms with Gasteiger partial charge in [0.2, 0.25) is 5.91 Å². The van der Waals surface area contributed by atoms with E-state index in [0.717, 1.165) is 5.92 Å². The minimum atomic E-state index is -0.469. The van der Waals surface area contributed by atoms with Crippen LogP contribution in [0.5, 0.6) is 0 Å². The van der Waals surface area contributed by atoms with Crippen LogP contribution in [0.3, 0.4) is 0 Å². The summed E-state index contributed by atoms with van der Waals surface area (Å²) in [6.07, 6.45) is 2.51. The van der Waals surface area contributed by atoms with E-state index in [9.17, 15) is 9.59 Å². The number of urea groups is 1. The molecule has 1 aliphatic rings. The molecule has 1 unspecified atom stereocenters. The summed E-state index contributed by atoms with van der Waals surface area (Å²) < 4.78 is 0. The van der Waals surface area contributed by atoms with Gasteiger partial charge < -0.3 is 5.32 Å². The van der Waals surface area contributed by atoms with E-state index in [-0.39, 0.29) is 5.88 Å². The zero-order valence-corrected chi connectivity index (χ0v) is 8.93. The van der Waals surface area contributed by atoms with E-state index in [1.165, 1.54) is 12.8 Å². The van der Waals surface area contributed by atoms with Crippen LogP contribution in [0.15, 0.2) is 0 Å². The lowest BCUT2D eigenvalue weighted by molar-refractivity contribution is -0.117. The molecule has 1 atom stereocenters. The SMILES string of the molecule is CC(CNC(=O)NC(=O)CCl)C1CC1. The Kier molecular flexibility index (Phi) is 4.20. The van der Waals surface area contributed by atoms with Gasteiger partial charge in [0.1, 0.15) is 5.88 Å². The molecule has 0 spiro atoms. The maximum Gasteiger partial charge on any atom is 0.321 e. The van der Waals surface area contributed by atoms with Crippen LogP contribution in [0, 0.1) is 11.8 Å². The van der Waals surface area contributed by atoms with Gasteiger partial charge in [-0.05, 0) is 24.7 Å². The molecule has 0 radical (unpaired) electrons. The third-order valence-electron chi connectivity index (χ3n) is 2.39. The summed E-state index contributed by atoms with van der Waals surface area (Å²) in [6.45, 7) is 2.72. The first-order chi connectivity index (χ1) is 6.63. The molecule has 1 rings (SSSR count). The maximum absolute atomic E-state index is 11.1. The third kappa shape index (κ3) is 3.96. The maximum atomic E-state index is 11.1.